The molecule has 0 aliphatic heterocycles. The Kier molecular flexibility index (Phi) is 7.48. The fourth-order valence-corrected chi connectivity index (χ4v) is 3.17. The molecule has 0 radical (unpaired) electrons. The van der Waals surface area contributed by atoms with Crippen molar-refractivity contribution in [1.29, 1.82) is 5.26 Å². The first-order valence-electron chi connectivity index (χ1n) is 8.40. The summed E-state index contributed by atoms with van der Waals surface area (Å²) in [6, 6.07) is 7.95. The average molecular weight is 538 g/mol. The lowest BCUT2D eigenvalue weighted by molar-refractivity contribution is -0.394. The van der Waals surface area contributed by atoms with E-state index in [4.69, 9.17) is 9.47 Å². The quantitative estimate of drug-likeness (QED) is 0.169. The second-order valence-corrected chi connectivity index (χ2v) is 7.33. The predicted octanol–water partition coefficient (Wildman–Crippen LogP) is 3.90. The number of non-ortho nitro benzene ring substituents is 1. The molecular formula is C19H15IN4O7. The zero-order chi connectivity index (χ0) is 23.3. The number of nitro groups is 2. The largest absolute Gasteiger partial charge is 0.493 e. The van der Waals surface area contributed by atoms with E-state index in [1.54, 1.807) is 6.07 Å². The van der Waals surface area contributed by atoms with Crippen LogP contribution in [0.1, 0.15) is 5.56 Å². The smallest absolute Gasteiger partial charge is 0.318 e. The number of ether oxygens (including phenoxy) is 2. The molecule has 12 heteroatoms. The number of hydrogen-bond donors (Lipinski definition) is 0. The summed E-state index contributed by atoms with van der Waals surface area (Å²) in [5, 5.41) is 31.5. The normalized spacial score (nSPS) is 10.7. The standard InChI is InChI=1S/C19H15IN4O7/c1-22(2)19(25)12(10-21)6-11-7-14(20)18(17(8-11)30-3)31-16-5-4-13(23(26)27)9-15(16)24(28)29/h4-9H,1-3H3/b12-6+. The van der Waals surface area contributed by atoms with E-state index in [0.29, 0.717) is 9.13 Å². The number of nitriles is 1. The Balaban J connectivity index is 2.53. The number of carbonyl (C=O) groups excluding carboxylic acids is 1. The van der Waals surface area contributed by atoms with Gasteiger partial charge in [-0.25, -0.2) is 0 Å². The summed E-state index contributed by atoms with van der Waals surface area (Å²) < 4.78 is 11.4. The summed E-state index contributed by atoms with van der Waals surface area (Å²) in [6.45, 7) is 0. The maximum atomic E-state index is 12.1. The van der Waals surface area contributed by atoms with E-state index in [-0.39, 0.29) is 22.8 Å². The minimum Gasteiger partial charge on any atom is -0.493 e. The SMILES string of the molecule is COc1cc(/C=C(\C#N)C(=O)N(C)C)cc(I)c1Oc1ccc([N+](=O)[O-])cc1[N+](=O)[O-]. The topological polar surface area (TPSA) is 149 Å². The summed E-state index contributed by atoms with van der Waals surface area (Å²) in [5.41, 5.74) is -0.656. The summed E-state index contributed by atoms with van der Waals surface area (Å²) in [4.78, 5) is 34.1. The molecule has 0 saturated heterocycles. The fraction of sp³-hybridized carbons (Fsp3) is 0.158. The first-order chi connectivity index (χ1) is 14.6. The van der Waals surface area contributed by atoms with E-state index in [2.05, 4.69) is 0 Å². The number of likely N-dealkylation sites (N-methyl/N-ethyl adjacent to an activating group) is 1. The summed E-state index contributed by atoms with van der Waals surface area (Å²) in [5.74, 6) is -0.371. The van der Waals surface area contributed by atoms with Crippen LogP contribution in [0.5, 0.6) is 17.2 Å². The molecular weight excluding hydrogens is 523 g/mol. The van der Waals surface area contributed by atoms with Crippen molar-refractivity contribution in [2.75, 3.05) is 21.2 Å². The molecule has 0 aromatic heterocycles. The Morgan fingerprint density at radius 1 is 1.16 bits per heavy atom. The van der Waals surface area contributed by atoms with Gasteiger partial charge in [0, 0.05) is 20.2 Å². The third-order valence-electron chi connectivity index (χ3n) is 3.88. The van der Waals surface area contributed by atoms with Gasteiger partial charge in [0.25, 0.3) is 11.6 Å². The van der Waals surface area contributed by atoms with Crippen molar-refractivity contribution in [1.82, 2.24) is 4.90 Å². The Morgan fingerprint density at radius 2 is 1.84 bits per heavy atom. The van der Waals surface area contributed by atoms with Crippen LogP contribution in [0.15, 0.2) is 35.9 Å². The molecule has 11 nitrogen and oxygen atoms in total. The summed E-state index contributed by atoms with van der Waals surface area (Å²) in [7, 11) is 4.39. The van der Waals surface area contributed by atoms with Crippen molar-refractivity contribution >= 4 is 45.9 Å². The fourth-order valence-electron chi connectivity index (χ4n) is 2.43. The third kappa shape index (κ3) is 5.45. The van der Waals surface area contributed by atoms with Crippen LogP contribution in [0.25, 0.3) is 6.08 Å². The van der Waals surface area contributed by atoms with Gasteiger partial charge >= 0.3 is 5.69 Å². The molecule has 1 amide bonds. The molecule has 160 valence electrons. The van der Waals surface area contributed by atoms with Gasteiger partial charge in [0.05, 0.1) is 26.6 Å². The van der Waals surface area contributed by atoms with E-state index in [1.165, 1.54) is 38.2 Å². The maximum absolute atomic E-state index is 12.1. The van der Waals surface area contributed by atoms with Crippen LogP contribution in [0.2, 0.25) is 0 Å². The van der Waals surface area contributed by atoms with Crippen LogP contribution in [0, 0.1) is 35.1 Å². The van der Waals surface area contributed by atoms with Crippen molar-refractivity contribution in [3.05, 3.63) is 65.3 Å². The van der Waals surface area contributed by atoms with Gasteiger partial charge < -0.3 is 14.4 Å². The van der Waals surface area contributed by atoms with Gasteiger partial charge in [0.2, 0.25) is 5.75 Å². The second kappa shape index (κ2) is 9.85. The zero-order valence-corrected chi connectivity index (χ0v) is 18.6. The number of amides is 1. The van der Waals surface area contributed by atoms with Gasteiger partial charge in [-0.15, -0.1) is 0 Å². The first-order valence-corrected chi connectivity index (χ1v) is 9.48. The van der Waals surface area contributed by atoms with Crippen molar-refractivity contribution in [3.8, 4) is 23.3 Å². The molecule has 0 bridgehead atoms. The number of nitrogens with zero attached hydrogens (tertiary/aromatic N) is 4. The molecule has 0 fully saturated rings. The lowest BCUT2D eigenvalue weighted by Gasteiger charge is -2.14. The van der Waals surface area contributed by atoms with Gasteiger partial charge in [-0.2, -0.15) is 5.26 Å². The number of benzene rings is 2. The van der Waals surface area contributed by atoms with E-state index in [9.17, 15) is 30.3 Å². The molecule has 0 atom stereocenters. The molecule has 2 rings (SSSR count). The van der Waals surface area contributed by atoms with E-state index >= 15 is 0 Å². The molecule has 0 N–H and O–H groups in total. The van der Waals surface area contributed by atoms with Gasteiger partial charge in [0.1, 0.15) is 11.6 Å². The third-order valence-corrected chi connectivity index (χ3v) is 4.68. The maximum Gasteiger partial charge on any atom is 0.318 e. The van der Waals surface area contributed by atoms with Crippen LogP contribution in [0.4, 0.5) is 11.4 Å². The Labute approximate surface area is 189 Å². The zero-order valence-electron chi connectivity index (χ0n) is 16.5. The molecule has 0 saturated carbocycles. The minimum atomic E-state index is -0.787. The molecule has 0 unspecified atom stereocenters. The van der Waals surface area contributed by atoms with Crippen molar-refractivity contribution < 1.29 is 24.1 Å². The molecule has 0 spiro atoms. The highest BCUT2D eigenvalue weighted by atomic mass is 127. The van der Waals surface area contributed by atoms with Crippen LogP contribution in [0.3, 0.4) is 0 Å². The number of halogens is 1. The van der Waals surface area contributed by atoms with E-state index < -0.39 is 27.1 Å². The average Bonchev–Trinajstić information content (AvgIpc) is 2.72. The van der Waals surface area contributed by atoms with Crippen LogP contribution >= 0.6 is 22.6 Å². The van der Waals surface area contributed by atoms with Gasteiger partial charge in [0.15, 0.2) is 11.5 Å². The molecule has 2 aromatic carbocycles. The van der Waals surface area contributed by atoms with Gasteiger partial charge in [-0.1, -0.05) is 0 Å². The van der Waals surface area contributed by atoms with Gasteiger partial charge in [-0.3, -0.25) is 25.0 Å². The Morgan fingerprint density at radius 3 is 2.35 bits per heavy atom. The van der Waals surface area contributed by atoms with E-state index in [1.807, 2.05) is 28.7 Å². The highest BCUT2D eigenvalue weighted by Gasteiger charge is 2.23. The monoisotopic (exact) mass is 538 g/mol. The predicted molar refractivity (Wildman–Crippen MR) is 118 cm³/mol. The summed E-state index contributed by atoms with van der Waals surface area (Å²) in [6.07, 6.45) is 1.38. The van der Waals surface area contributed by atoms with Gasteiger partial charge in [-0.05, 0) is 52.4 Å². The number of nitro benzene ring substituents is 2. The Bertz CT molecular complexity index is 1140. The molecule has 0 aliphatic carbocycles. The highest BCUT2D eigenvalue weighted by molar-refractivity contribution is 14.1. The molecule has 0 heterocycles. The summed E-state index contributed by atoms with van der Waals surface area (Å²) >= 11 is 1.91. The van der Waals surface area contributed by atoms with Crippen molar-refractivity contribution in [2.24, 2.45) is 0 Å². The molecule has 0 aliphatic rings. The van der Waals surface area contributed by atoms with Crippen molar-refractivity contribution in [2.45, 2.75) is 0 Å². The number of rotatable bonds is 7. The molecule has 31 heavy (non-hydrogen) atoms. The first kappa shape index (κ1) is 23.5. The number of methoxy groups -OCH3 is 1. The number of carbonyl (C=O) groups is 1. The van der Waals surface area contributed by atoms with Crippen LogP contribution in [-0.2, 0) is 4.79 Å². The molecule has 2 aromatic rings. The lowest BCUT2D eigenvalue weighted by atomic mass is 10.1. The minimum absolute atomic E-state index is 0.0949. The van der Waals surface area contributed by atoms with Crippen LogP contribution < -0.4 is 9.47 Å². The number of hydrogen-bond acceptors (Lipinski definition) is 8. The lowest BCUT2D eigenvalue weighted by Crippen LogP contribution is -2.22. The Hall–Kier alpha value is -3.73. The second-order valence-electron chi connectivity index (χ2n) is 6.17. The highest BCUT2D eigenvalue weighted by Crippen LogP contribution is 2.41. The van der Waals surface area contributed by atoms with E-state index in [0.717, 1.165) is 18.2 Å². The van der Waals surface area contributed by atoms with Crippen LogP contribution in [-0.4, -0.2) is 41.9 Å². The van der Waals surface area contributed by atoms with Crippen molar-refractivity contribution in [3.63, 3.8) is 0 Å².